The van der Waals surface area contributed by atoms with Gasteiger partial charge < -0.3 is 9.68 Å². The SMILES string of the molecule is O=[C-]OO.[Cl][Pd][Cl].[Na].[Na]. The minimum absolute atomic E-state index is 0. The Balaban J connectivity index is -0.0000000233. The zero-order valence-electron chi connectivity index (χ0n) is 4.84. The molecular formula is CHCl2Na2O3Pd-. The molecule has 0 spiro atoms. The standard InChI is InChI=1S/CHO3.2ClH.2Na.Pd/c2-1-4-3;;;;;/h3H;2*1H;;;/q-1;;;;;+2/p-2. The van der Waals surface area contributed by atoms with Crippen LogP contribution in [0.25, 0.3) is 0 Å². The van der Waals surface area contributed by atoms with Crippen LogP contribution >= 0.6 is 19.1 Å². The summed E-state index contributed by atoms with van der Waals surface area (Å²) < 4.78 is 0. The minimum Gasteiger partial charge on any atom is 0 e. The summed E-state index contributed by atoms with van der Waals surface area (Å²) in [5, 5.41) is 6.95. The summed E-state index contributed by atoms with van der Waals surface area (Å²) in [5.41, 5.74) is 0. The molecule has 1 N–H and O–H groups in total. The summed E-state index contributed by atoms with van der Waals surface area (Å²) >= 11 is -0.106. The Morgan fingerprint density at radius 1 is 1.44 bits per heavy atom. The van der Waals surface area contributed by atoms with Crippen LogP contribution in [0.15, 0.2) is 0 Å². The van der Waals surface area contributed by atoms with Gasteiger partial charge in [-0.2, -0.15) is 0 Å². The molecule has 0 saturated carbocycles. The third kappa shape index (κ3) is 59.5. The van der Waals surface area contributed by atoms with Crippen LogP contribution in [0.5, 0.6) is 0 Å². The molecule has 0 heterocycles. The van der Waals surface area contributed by atoms with Crippen molar-refractivity contribution in [3.05, 3.63) is 0 Å². The topological polar surface area (TPSA) is 46.5 Å². The summed E-state index contributed by atoms with van der Waals surface area (Å²) in [4.78, 5) is 11.3. The maximum atomic E-state index is 8.58. The van der Waals surface area contributed by atoms with Gasteiger partial charge in [0, 0.05) is 59.1 Å². The number of rotatable bonds is 1. The monoisotopic (exact) mass is 283 g/mol. The molecule has 0 aliphatic carbocycles. The first-order valence-corrected chi connectivity index (χ1v) is 4.83. The molecule has 0 unspecified atom stereocenters. The molecule has 0 aromatic carbocycles. The quantitative estimate of drug-likeness (QED) is 0.323. The molecule has 0 aromatic rings. The van der Waals surface area contributed by atoms with Crippen molar-refractivity contribution >= 4 is 84.6 Å². The second-order valence-corrected chi connectivity index (χ2v) is 2.58. The van der Waals surface area contributed by atoms with E-state index in [1.165, 1.54) is 0 Å². The fraction of sp³-hybridized carbons (Fsp3) is 0. The van der Waals surface area contributed by atoms with Crippen LogP contribution in [0, 0.1) is 0 Å². The maximum Gasteiger partial charge on any atom is 0 e. The first kappa shape index (κ1) is 22.6. The summed E-state index contributed by atoms with van der Waals surface area (Å²) in [5.74, 6) is 0. The molecule has 0 rings (SSSR count). The van der Waals surface area contributed by atoms with Crippen molar-refractivity contribution in [2.24, 2.45) is 0 Å². The fourth-order valence-corrected chi connectivity index (χ4v) is 0. The molecule has 0 saturated heterocycles. The van der Waals surface area contributed by atoms with Crippen LogP contribution in [0.4, 0.5) is 0 Å². The zero-order valence-corrected chi connectivity index (χ0v) is 11.9. The van der Waals surface area contributed by atoms with Gasteiger partial charge in [-0.05, 0) is 6.47 Å². The van der Waals surface area contributed by atoms with E-state index in [1.54, 1.807) is 0 Å². The van der Waals surface area contributed by atoms with E-state index in [2.05, 4.69) is 4.89 Å². The second kappa shape index (κ2) is 31.0. The predicted molar refractivity (Wildman–Crippen MR) is 32.6 cm³/mol. The summed E-state index contributed by atoms with van der Waals surface area (Å²) in [7, 11) is 9.63. The van der Waals surface area contributed by atoms with Gasteiger partial charge in [-0.25, -0.2) is 5.26 Å². The van der Waals surface area contributed by atoms with Gasteiger partial charge in [-0.1, -0.05) is 0 Å². The molecule has 0 bridgehead atoms. The zero-order chi connectivity index (χ0) is 6.12. The average molecular weight is 284 g/mol. The Hall–Kier alpha value is 2.67. The normalized spacial score (nSPS) is 4.78. The molecule has 0 aliphatic rings. The smallest absolute Gasteiger partial charge is 0 e. The second-order valence-electron chi connectivity index (χ2n) is 0.220. The molecule has 0 fully saturated rings. The summed E-state index contributed by atoms with van der Waals surface area (Å²) in [6, 6.07) is 0. The largest absolute Gasteiger partial charge is 0 e. The van der Waals surface area contributed by atoms with E-state index in [-0.39, 0.29) is 75.1 Å². The molecular weight excluding hydrogens is 283 g/mol. The molecule has 0 atom stereocenters. The van der Waals surface area contributed by atoms with Crippen molar-refractivity contribution in [3.8, 4) is 0 Å². The van der Waals surface area contributed by atoms with Crippen molar-refractivity contribution in [2.45, 2.75) is 0 Å². The Labute approximate surface area is 113 Å². The van der Waals surface area contributed by atoms with Crippen LogP contribution < -0.4 is 0 Å². The molecule has 8 heteroatoms. The predicted octanol–water partition coefficient (Wildman–Crippen LogP) is 0.158. The molecule has 0 aromatic heterocycles. The molecule has 0 aliphatic heterocycles. The Bertz CT molecular complexity index is 41.0. The fourth-order valence-electron chi connectivity index (χ4n) is 0. The number of hydrogen-bond donors (Lipinski definition) is 1. The molecule has 0 amide bonds. The average Bonchev–Trinajstić information content (AvgIpc) is 1.69. The van der Waals surface area contributed by atoms with Crippen molar-refractivity contribution in [1.82, 2.24) is 0 Å². The van der Waals surface area contributed by atoms with Crippen LogP contribution in [-0.4, -0.2) is 70.8 Å². The van der Waals surface area contributed by atoms with Crippen LogP contribution in [0.1, 0.15) is 0 Å². The first-order chi connectivity index (χ1) is 3.33. The van der Waals surface area contributed by atoms with E-state index in [0.29, 0.717) is 0 Å². The Morgan fingerprint density at radius 3 is 1.56 bits per heavy atom. The van der Waals surface area contributed by atoms with Gasteiger partial charge in [0.25, 0.3) is 0 Å². The number of hydrogen-bond acceptors (Lipinski definition) is 3. The maximum absolute atomic E-state index is 8.58. The van der Waals surface area contributed by atoms with E-state index < -0.39 is 0 Å². The molecule has 9 heavy (non-hydrogen) atoms. The van der Waals surface area contributed by atoms with Crippen LogP contribution in [0.3, 0.4) is 0 Å². The number of carbonyl (C=O) groups excluding carboxylic acids is 1. The van der Waals surface area contributed by atoms with Gasteiger partial charge in [-0.15, -0.1) is 0 Å². The van der Waals surface area contributed by atoms with Crippen molar-refractivity contribution in [3.63, 3.8) is 0 Å². The minimum atomic E-state index is -0.106. The van der Waals surface area contributed by atoms with Gasteiger partial charge in [0.05, 0.1) is 0 Å². The van der Waals surface area contributed by atoms with Gasteiger partial charge in [0.1, 0.15) is 0 Å². The van der Waals surface area contributed by atoms with E-state index >= 15 is 0 Å². The summed E-state index contributed by atoms with van der Waals surface area (Å²) in [6.45, 7) is 0.736. The van der Waals surface area contributed by atoms with Gasteiger partial charge >= 0.3 is 35.0 Å². The molecule has 2 radical (unpaired) electrons. The van der Waals surface area contributed by atoms with Crippen molar-refractivity contribution in [1.29, 1.82) is 0 Å². The third-order valence-electron chi connectivity index (χ3n) is 0.0373. The Kier molecular flexibility index (Phi) is 77.9. The van der Waals surface area contributed by atoms with Crippen molar-refractivity contribution in [2.75, 3.05) is 0 Å². The van der Waals surface area contributed by atoms with Gasteiger partial charge in [-0.3, -0.25) is 0 Å². The van der Waals surface area contributed by atoms with Gasteiger partial charge in [0.15, 0.2) is 0 Å². The first-order valence-electron chi connectivity index (χ1n) is 0.830. The number of halogens is 2. The van der Waals surface area contributed by atoms with E-state index in [4.69, 9.17) is 29.1 Å². The van der Waals surface area contributed by atoms with Crippen LogP contribution in [-0.2, 0) is 25.6 Å². The molecule has 3 nitrogen and oxygen atoms in total. The van der Waals surface area contributed by atoms with E-state index in [1.807, 2.05) is 0 Å². The van der Waals surface area contributed by atoms with E-state index in [9.17, 15) is 0 Å². The third-order valence-corrected chi connectivity index (χ3v) is 0.0373. The molecule has 50 valence electrons. The summed E-state index contributed by atoms with van der Waals surface area (Å²) in [6.07, 6.45) is 0. The van der Waals surface area contributed by atoms with Crippen molar-refractivity contribution < 1.29 is 30.9 Å². The van der Waals surface area contributed by atoms with Crippen LogP contribution in [0.2, 0.25) is 0 Å². The van der Waals surface area contributed by atoms with E-state index in [0.717, 1.165) is 6.47 Å². The Morgan fingerprint density at radius 2 is 1.56 bits per heavy atom. The van der Waals surface area contributed by atoms with Gasteiger partial charge in [0.2, 0.25) is 0 Å².